The quantitative estimate of drug-likeness (QED) is 0.795. The Bertz CT molecular complexity index is 1000. The van der Waals surface area contributed by atoms with Crippen molar-refractivity contribution in [1.29, 1.82) is 0 Å². The van der Waals surface area contributed by atoms with Crippen molar-refractivity contribution in [2.24, 2.45) is 11.8 Å². The second-order valence-electron chi connectivity index (χ2n) is 8.35. The van der Waals surface area contributed by atoms with Crippen LogP contribution in [-0.2, 0) is 9.53 Å². The SMILES string of the molecule is Cc1cc(C)c(C2=C(O)[C@@H]3C4OC(CC4c4ccc(F)nc4)[C@@H]3C2=O)c(C)c1. The fraction of sp³-hybridized carbons (Fsp3) is 0.391. The lowest BCUT2D eigenvalue weighted by Gasteiger charge is -2.27. The Hall–Kier alpha value is -2.53. The van der Waals surface area contributed by atoms with Gasteiger partial charge in [-0.05, 0) is 55.5 Å². The van der Waals surface area contributed by atoms with Gasteiger partial charge in [0.05, 0.1) is 29.6 Å². The number of pyridine rings is 1. The zero-order valence-corrected chi connectivity index (χ0v) is 16.1. The number of hydrogen-bond donors (Lipinski definition) is 1. The zero-order valence-electron chi connectivity index (χ0n) is 16.1. The van der Waals surface area contributed by atoms with Crippen LogP contribution in [0, 0.1) is 38.6 Å². The summed E-state index contributed by atoms with van der Waals surface area (Å²) in [7, 11) is 0. The molecule has 3 aliphatic rings. The molecule has 2 saturated heterocycles. The van der Waals surface area contributed by atoms with Crippen LogP contribution in [0.1, 0.15) is 40.2 Å². The van der Waals surface area contributed by atoms with Crippen molar-refractivity contribution < 1.29 is 19.0 Å². The Labute approximate surface area is 163 Å². The first-order valence-corrected chi connectivity index (χ1v) is 9.69. The second kappa shape index (κ2) is 5.98. The van der Waals surface area contributed by atoms with Gasteiger partial charge in [-0.25, -0.2) is 4.98 Å². The summed E-state index contributed by atoms with van der Waals surface area (Å²) in [6.45, 7) is 5.99. The van der Waals surface area contributed by atoms with E-state index >= 15 is 0 Å². The summed E-state index contributed by atoms with van der Waals surface area (Å²) in [6, 6.07) is 7.15. The van der Waals surface area contributed by atoms with E-state index in [1.807, 2.05) is 32.9 Å². The molecule has 1 N–H and O–H groups in total. The van der Waals surface area contributed by atoms with Crippen LogP contribution >= 0.6 is 0 Å². The van der Waals surface area contributed by atoms with Gasteiger partial charge >= 0.3 is 0 Å². The third-order valence-corrected chi connectivity index (χ3v) is 6.58. The Kier molecular flexibility index (Phi) is 3.75. The molecule has 5 heteroatoms. The number of aliphatic hydroxyl groups excluding tert-OH is 1. The minimum absolute atomic E-state index is 0.00821. The van der Waals surface area contributed by atoms with Crippen molar-refractivity contribution in [2.75, 3.05) is 0 Å². The number of hydrogen-bond acceptors (Lipinski definition) is 4. The van der Waals surface area contributed by atoms with Crippen LogP contribution in [0.15, 0.2) is 36.2 Å². The lowest BCUT2D eigenvalue weighted by atomic mass is 9.73. The number of ketones is 1. The summed E-state index contributed by atoms with van der Waals surface area (Å²) in [6.07, 6.45) is 1.72. The molecule has 0 spiro atoms. The molecule has 1 aromatic carbocycles. The van der Waals surface area contributed by atoms with E-state index in [2.05, 4.69) is 4.98 Å². The van der Waals surface area contributed by atoms with Crippen molar-refractivity contribution in [3.05, 3.63) is 70.0 Å². The first-order valence-electron chi connectivity index (χ1n) is 9.69. The molecule has 5 rings (SSSR count). The van der Waals surface area contributed by atoms with E-state index in [-0.39, 0.29) is 41.5 Å². The normalized spacial score (nSPS) is 31.0. The number of rotatable bonds is 2. The Morgan fingerprint density at radius 1 is 1.14 bits per heavy atom. The maximum Gasteiger partial charge on any atom is 0.212 e. The van der Waals surface area contributed by atoms with E-state index in [0.717, 1.165) is 27.8 Å². The highest BCUT2D eigenvalue weighted by Gasteiger charge is 2.62. The van der Waals surface area contributed by atoms with Crippen LogP contribution < -0.4 is 0 Å². The molecule has 4 nitrogen and oxygen atoms in total. The number of benzene rings is 1. The van der Waals surface area contributed by atoms with Gasteiger partial charge in [-0.2, -0.15) is 4.39 Å². The number of aliphatic hydroxyl groups is 1. The minimum Gasteiger partial charge on any atom is -0.511 e. The van der Waals surface area contributed by atoms with E-state index in [1.165, 1.54) is 12.3 Å². The summed E-state index contributed by atoms with van der Waals surface area (Å²) in [5.74, 6) is -1.04. The molecule has 3 unspecified atom stereocenters. The van der Waals surface area contributed by atoms with Gasteiger partial charge in [0.15, 0.2) is 5.78 Å². The molecule has 3 heterocycles. The largest absolute Gasteiger partial charge is 0.511 e. The Balaban J connectivity index is 1.57. The molecule has 2 aliphatic heterocycles. The Morgan fingerprint density at radius 3 is 2.50 bits per heavy atom. The number of aryl methyl sites for hydroxylation is 3. The molecule has 2 bridgehead atoms. The molecule has 28 heavy (non-hydrogen) atoms. The molecule has 1 aromatic heterocycles. The van der Waals surface area contributed by atoms with Gasteiger partial charge in [0.2, 0.25) is 5.95 Å². The average molecular weight is 379 g/mol. The lowest BCUT2D eigenvalue weighted by Crippen LogP contribution is -2.33. The van der Waals surface area contributed by atoms with E-state index < -0.39 is 5.95 Å². The average Bonchev–Trinajstić information content (AvgIpc) is 3.29. The number of Topliss-reactive ketones (excluding diaryl/α,β-unsaturated/α-hetero) is 1. The number of carbonyl (C=O) groups is 1. The number of aromatic nitrogens is 1. The van der Waals surface area contributed by atoms with E-state index in [1.54, 1.807) is 6.07 Å². The molecule has 5 atom stereocenters. The highest BCUT2D eigenvalue weighted by atomic mass is 19.1. The molecule has 0 amide bonds. The highest BCUT2D eigenvalue weighted by molar-refractivity contribution is 6.26. The van der Waals surface area contributed by atoms with Gasteiger partial charge in [-0.1, -0.05) is 23.8 Å². The van der Waals surface area contributed by atoms with Crippen molar-refractivity contribution in [3.63, 3.8) is 0 Å². The van der Waals surface area contributed by atoms with Crippen LogP contribution in [0.5, 0.6) is 0 Å². The van der Waals surface area contributed by atoms with E-state index in [4.69, 9.17) is 4.74 Å². The summed E-state index contributed by atoms with van der Waals surface area (Å²) < 4.78 is 19.3. The van der Waals surface area contributed by atoms with Gasteiger partial charge < -0.3 is 9.84 Å². The molecular weight excluding hydrogens is 357 g/mol. The van der Waals surface area contributed by atoms with Gasteiger partial charge in [-0.3, -0.25) is 4.79 Å². The zero-order chi connectivity index (χ0) is 19.7. The topological polar surface area (TPSA) is 59.4 Å². The number of fused-ring (bicyclic) bond motifs is 5. The van der Waals surface area contributed by atoms with E-state index in [9.17, 15) is 14.3 Å². The predicted octanol–water partition coefficient (Wildman–Crippen LogP) is 4.19. The molecule has 0 saturated carbocycles. The fourth-order valence-corrected chi connectivity index (χ4v) is 5.61. The lowest BCUT2D eigenvalue weighted by molar-refractivity contribution is -0.118. The molecule has 2 fully saturated rings. The molecule has 144 valence electrons. The predicted molar refractivity (Wildman–Crippen MR) is 102 cm³/mol. The van der Waals surface area contributed by atoms with Gasteiger partial charge in [0, 0.05) is 12.1 Å². The number of ether oxygens (including phenoxy) is 1. The summed E-state index contributed by atoms with van der Waals surface area (Å²) in [5.41, 5.74) is 5.34. The first-order chi connectivity index (χ1) is 13.4. The first kappa shape index (κ1) is 17.6. The van der Waals surface area contributed by atoms with Crippen molar-refractivity contribution in [2.45, 2.75) is 45.3 Å². The van der Waals surface area contributed by atoms with Crippen LogP contribution in [0.3, 0.4) is 0 Å². The molecule has 1 aliphatic carbocycles. The fourth-order valence-electron chi connectivity index (χ4n) is 5.61. The number of nitrogens with zero attached hydrogens (tertiary/aromatic N) is 1. The second-order valence-corrected chi connectivity index (χ2v) is 8.35. The monoisotopic (exact) mass is 379 g/mol. The van der Waals surface area contributed by atoms with Crippen LogP contribution in [0.25, 0.3) is 5.57 Å². The van der Waals surface area contributed by atoms with Gasteiger partial charge in [0.1, 0.15) is 5.76 Å². The molecular formula is C23H22FNO3. The number of carbonyl (C=O) groups excluding carboxylic acids is 1. The summed E-state index contributed by atoms with van der Waals surface area (Å²) in [4.78, 5) is 17.1. The number of halogens is 1. The van der Waals surface area contributed by atoms with Crippen LogP contribution in [0.4, 0.5) is 4.39 Å². The maximum atomic E-state index is 13.3. The van der Waals surface area contributed by atoms with Crippen molar-refractivity contribution in [1.82, 2.24) is 4.98 Å². The summed E-state index contributed by atoms with van der Waals surface area (Å²) >= 11 is 0. The molecule has 0 radical (unpaired) electrons. The summed E-state index contributed by atoms with van der Waals surface area (Å²) in [5, 5.41) is 11.1. The maximum absolute atomic E-state index is 13.3. The van der Waals surface area contributed by atoms with E-state index in [0.29, 0.717) is 12.0 Å². The minimum atomic E-state index is -0.517. The van der Waals surface area contributed by atoms with Crippen molar-refractivity contribution >= 4 is 11.4 Å². The smallest absolute Gasteiger partial charge is 0.212 e. The molecule has 2 aromatic rings. The highest BCUT2D eigenvalue weighted by Crippen LogP contribution is 2.58. The Morgan fingerprint density at radius 2 is 1.86 bits per heavy atom. The van der Waals surface area contributed by atoms with Gasteiger partial charge in [0.25, 0.3) is 0 Å². The van der Waals surface area contributed by atoms with Gasteiger partial charge in [-0.15, -0.1) is 0 Å². The standard InChI is InChI=1S/C23H22FNO3/c1-10-6-11(2)17(12(3)7-10)19-21(26)18-15-8-14(13-4-5-16(24)25-9-13)23(28-15)20(18)22(19)27/h4-7,9,14-15,18,20,23,27H,8H2,1-3H3/t14?,15?,18-,20+,23?/m0/s1. The van der Waals surface area contributed by atoms with Crippen molar-refractivity contribution in [3.8, 4) is 0 Å². The third-order valence-electron chi connectivity index (χ3n) is 6.58. The van der Waals surface area contributed by atoms with Crippen LogP contribution in [0.2, 0.25) is 0 Å². The third kappa shape index (κ3) is 2.32. The number of allylic oxidation sites excluding steroid dienone is 1. The van der Waals surface area contributed by atoms with Crippen LogP contribution in [-0.4, -0.2) is 28.1 Å².